The van der Waals surface area contributed by atoms with Crippen LogP contribution in [-0.2, 0) is 11.8 Å². The van der Waals surface area contributed by atoms with Crippen molar-refractivity contribution in [1.82, 2.24) is 4.57 Å². The van der Waals surface area contributed by atoms with Gasteiger partial charge in [0.2, 0.25) is 0 Å². The summed E-state index contributed by atoms with van der Waals surface area (Å²) in [7, 11) is 1.74. The van der Waals surface area contributed by atoms with Crippen LogP contribution in [0.25, 0.3) is 10.9 Å². The third-order valence-corrected chi connectivity index (χ3v) is 2.44. The second kappa shape index (κ2) is 3.44. The van der Waals surface area contributed by atoms with Crippen molar-refractivity contribution in [3.8, 4) is 0 Å². The first-order valence-corrected chi connectivity index (χ1v) is 4.53. The number of halogens is 1. The molecule has 0 saturated carbocycles. The number of benzene rings is 1. The number of carboxylic acid groups (broad SMARTS) is 1. The summed E-state index contributed by atoms with van der Waals surface area (Å²) in [4.78, 5) is 21.6. The maximum atomic E-state index is 13.8. The lowest BCUT2D eigenvalue weighted by Gasteiger charge is -2.01. The lowest BCUT2D eigenvalue weighted by atomic mass is 10.1. The summed E-state index contributed by atoms with van der Waals surface area (Å²) in [5.41, 5.74) is 0.200. The summed E-state index contributed by atoms with van der Waals surface area (Å²) < 4.78 is 15.5. The summed E-state index contributed by atoms with van der Waals surface area (Å²) in [6.45, 7) is 0. The molecule has 0 fully saturated rings. The summed E-state index contributed by atoms with van der Waals surface area (Å²) >= 11 is 0. The van der Waals surface area contributed by atoms with E-state index in [0.29, 0.717) is 5.52 Å². The van der Waals surface area contributed by atoms with Gasteiger partial charge in [-0.2, -0.15) is 0 Å². The van der Waals surface area contributed by atoms with Gasteiger partial charge in [-0.1, -0.05) is 0 Å². The van der Waals surface area contributed by atoms with Crippen LogP contribution in [0.15, 0.2) is 24.4 Å². The van der Waals surface area contributed by atoms with E-state index in [1.54, 1.807) is 17.8 Å². The van der Waals surface area contributed by atoms with E-state index in [4.69, 9.17) is 5.11 Å². The average Bonchev–Trinajstić information content (AvgIpc) is 2.61. The summed E-state index contributed by atoms with van der Waals surface area (Å²) in [5.74, 6) is -3.68. The van der Waals surface area contributed by atoms with E-state index in [2.05, 4.69) is 0 Å². The Morgan fingerprint density at radius 3 is 2.62 bits per heavy atom. The fraction of sp³-hybridized carbons (Fsp3) is 0.0909. The van der Waals surface area contributed by atoms with Gasteiger partial charge in [0.25, 0.3) is 5.78 Å². The second-order valence-electron chi connectivity index (χ2n) is 3.42. The van der Waals surface area contributed by atoms with Gasteiger partial charge in [0.05, 0.1) is 11.1 Å². The van der Waals surface area contributed by atoms with Gasteiger partial charge in [0, 0.05) is 18.6 Å². The highest BCUT2D eigenvalue weighted by Gasteiger charge is 2.20. The van der Waals surface area contributed by atoms with Gasteiger partial charge in [0.15, 0.2) is 0 Å². The molecule has 0 unspecified atom stereocenters. The second-order valence-corrected chi connectivity index (χ2v) is 3.42. The number of carbonyl (C=O) groups is 2. The van der Waals surface area contributed by atoms with Gasteiger partial charge in [-0.15, -0.1) is 0 Å². The maximum absolute atomic E-state index is 13.8. The number of aromatic nitrogens is 1. The fourth-order valence-corrected chi connectivity index (χ4v) is 1.61. The minimum atomic E-state index is -1.66. The number of ketones is 1. The monoisotopic (exact) mass is 221 g/mol. The molecule has 1 aromatic heterocycles. The lowest BCUT2D eigenvalue weighted by molar-refractivity contribution is -0.131. The molecule has 82 valence electrons. The molecular weight excluding hydrogens is 213 g/mol. The number of aryl methyl sites for hydroxylation is 1. The number of rotatable bonds is 2. The molecule has 0 aliphatic heterocycles. The molecule has 0 saturated heterocycles. The third-order valence-electron chi connectivity index (χ3n) is 2.44. The van der Waals surface area contributed by atoms with Crippen molar-refractivity contribution in [2.45, 2.75) is 0 Å². The standard InChI is InChI=1S/C11H8FNO3/c1-13-5-4-6-8(13)3-2-7(9(6)12)10(14)11(15)16/h2-5H,1H3,(H,15,16). The molecule has 4 nitrogen and oxygen atoms in total. The smallest absolute Gasteiger partial charge is 0.377 e. The minimum absolute atomic E-state index is 0.245. The predicted octanol–water partition coefficient (Wildman–Crippen LogP) is 1.58. The van der Waals surface area contributed by atoms with Crippen molar-refractivity contribution >= 4 is 22.7 Å². The predicted molar refractivity (Wildman–Crippen MR) is 54.8 cm³/mol. The quantitative estimate of drug-likeness (QED) is 0.618. The highest BCUT2D eigenvalue weighted by atomic mass is 19.1. The van der Waals surface area contributed by atoms with E-state index < -0.39 is 23.1 Å². The molecule has 0 spiro atoms. The van der Waals surface area contributed by atoms with Crippen LogP contribution in [0.4, 0.5) is 4.39 Å². The number of hydrogen-bond donors (Lipinski definition) is 1. The highest BCUT2D eigenvalue weighted by Crippen LogP contribution is 2.22. The van der Waals surface area contributed by atoms with Crippen molar-refractivity contribution in [1.29, 1.82) is 0 Å². The molecule has 16 heavy (non-hydrogen) atoms. The molecule has 1 N–H and O–H groups in total. The van der Waals surface area contributed by atoms with Crippen molar-refractivity contribution < 1.29 is 19.1 Å². The van der Waals surface area contributed by atoms with Gasteiger partial charge >= 0.3 is 5.97 Å². The molecule has 0 aliphatic rings. The molecule has 0 atom stereocenters. The molecule has 1 heterocycles. The van der Waals surface area contributed by atoms with Crippen LogP contribution >= 0.6 is 0 Å². The number of carbonyl (C=O) groups excluding carboxylic acids is 1. The van der Waals surface area contributed by atoms with Gasteiger partial charge in [-0.05, 0) is 18.2 Å². The van der Waals surface area contributed by atoms with E-state index >= 15 is 0 Å². The third kappa shape index (κ3) is 1.37. The van der Waals surface area contributed by atoms with Crippen LogP contribution < -0.4 is 0 Å². The van der Waals surface area contributed by atoms with Crippen LogP contribution in [0.1, 0.15) is 10.4 Å². The van der Waals surface area contributed by atoms with Crippen molar-refractivity contribution in [3.63, 3.8) is 0 Å². The summed E-state index contributed by atoms with van der Waals surface area (Å²) in [5, 5.41) is 8.76. The number of nitrogens with zero attached hydrogens (tertiary/aromatic N) is 1. The Morgan fingerprint density at radius 1 is 1.31 bits per heavy atom. The van der Waals surface area contributed by atoms with Crippen LogP contribution in [0, 0.1) is 5.82 Å². The first kappa shape index (κ1) is 10.4. The number of carboxylic acids is 1. The zero-order valence-electron chi connectivity index (χ0n) is 8.40. The maximum Gasteiger partial charge on any atom is 0.377 e. The Hall–Kier alpha value is -2.17. The van der Waals surface area contributed by atoms with E-state index in [0.717, 1.165) is 0 Å². The van der Waals surface area contributed by atoms with Crippen molar-refractivity contribution in [3.05, 3.63) is 35.8 Å². The van der Waals surface area contributed by atoms with Crippen molar-refractivity contribution in [2.24, 2.45) is 7.05 Å². The van der Waals surface area contributed by atoms with Crippen LogP contribution in [0.3, 0.4) is 0 Å². The molecule has 0 amide bonds. The Morgan fingerprint density at radius 2 is 2.00 bits per heavy atom. The van der Waals surface area contributed by atoms with E-state index in [1.807, 2.05) is 0 Å². The van der Waals surface area contributed by atoms with E-state index in [1.165, 1.54) is 18.2 Å². The highest BCUT2D eigenvalue weighted by molar-refractivity contribution is 6.40. The number of hydrogen-bond acceptors (Lipinski definition) is 2. The van der Waals surface area contributed by atoms with Crippen LogP contribution in [-0.4, -0.2) is 21.4 Å². The van der Waals surface area contributed by atoms with Gasteiger partial charge < -0.3 is 9.67 Å². The fourth-order valence-electron chi connectivity index (χ4n) is 1.61. The van der Waals surface area contributed by atoms with Crippen LogP contribution in [0.2, 0.25) is 0 Å². The largest absolute Gasteiger partial charge is 0.475 e. The minimum Gasteiger partial charge on any atom is -0.475 e. The summed E-state index contributed by atoms with van der Waals surface area (Å²) in [6.07, 6.45) is 1.64. The SMILES string of the molecule is Cn1ccc2c(F)c(C(=O)C(=O)O)ccc21. The Kier molecular flexibility index (Phi) is 2.23. The topological polar surface area (TPSA) is 59.3 Å². The van der Waals surface area contributed by atoms with E-state index in [-0.39, 0.29) is 5.39 Å². The molecule has 0 aliphatic carbocycles. The van der Waals surface area contributed by atoms with Crippen molar-refractivity contribution in [2.75, 3.05) is 0 Å². The zero-order chi connectivity index (χ0) is 11.9. The van der Waals surface area contributed by atoms with E-state index in [9.17, 15) is 14.0 Å². The molecular formula is C11H8FNO3. The van der Waals surface area contributed by atoms with Gasteiger partial charge in [-0.3, -0.25) is 4.79 Å². The lowest BCUT2D eigenvalue weighted by Crippen LogP contribution is -2.14. The Bertz CT molecular complexity index is 601. The molecule has 2 aromatic rings. The van der Waals surface area contributed by atoms with Gasteiger partial charge in [0.1, 0.15) is 5.82 Å². The molecule has 2 rings (SSSR count). The Labute approximate surface area is 89.9 Å². The number of Topliss-reactive ketones (excluding diaryl/α,β-unsaturated/α-hetero) is 1. The average molecular weight is 221 g/mol. The first-order chi connectivity index (χ1) is 7.52. The number of aliphatic carboxylic acids is 1. The molecule has 0 radical (unpaired) electrons. The zero-order valence-corrected chi connectivity index (χ0v) is 8.40. The molecule has 5 heteroatoms. The Balaban J connectivity index is 2.70. The van der Waals surface area contributed by atoms with Crippen LogP contribution in [0.5, 0.6) is 0 Å². The number of fused-ring (bicyclic) bond motifs is 1. The first-order valence-electron chi connectivity index (χ1n) is 4.53. The van der Waals surface area contributed by atoms with Gasteiger partial charge in [-0.25, -0.2) is 9.18 Å². The summed E-state index contributed by atoms with van der Waals surface area (Å²) in [6, 6.07) is 4.21. The molecule has 0 bridgehead atoms. The normalized spacial score (nSPS) is 10.6. The molecule has 1 aromatic carbocycles.